The Balaban J connectivity index is 2.85. The lowest BCUT2D eigenvalue weighted by Crippen LogP contribution is -1.94. The minimum absolute atomic E-state index is 0.243. The second-order valence-electron chi connectivity index (χ2n) is 2.93. The highest BCUT2D eigenvalue weighted by atomic mass is 16.3. The molecule has 0 aliphatic carbocycles. The third-order valence-corrected chi connectivity index (χ3v) is 1.65. The van der Waals surface area contributed by atoms with Crippen molar-refractivity contribution in [1.82, 2.24) is 0 Å². The number of allylic oxidation sites excluding steroid dienone is 1. The molecule has 0 radical (unpaired) electrons. The van der Waals surface area contributed by atoms with Gasteiger partial charge in [-0.15, -0.1) is 0 Å². The molecule has 0 spiro atoms. The van der Waals surface area contributed by atoms with Crippen molar-refractivity contribution in [3.8, 4) is 0 Å². The Morgan fingerprint density at radius 3 is 2.75 bits per heavy atom. The number of hydrogen-bond donors (Lipinski definition) is 0. The number of carbonyl (C=O) groups is 1. The summed E-state index contributed by atoms with van der Waals surface area (Å²) < 4.78 is 5.08. The first-order chi connectivity index (χ1) is 5.74. The third kappa shape index (κ3) is 2.09. The largest absolute Gasteiger partial charge is 0.465 e. The molecule has 0 saturated heterocycles. The van der Waals surface area contributed by atoms with Crippen molar-refractivity contribution >= 4 is 12.4 Å². The van der Waals surface area contributed by atoms with E-state index in [0.717, 1.165) is 17.6 Å². The van der Waals surface area contributed by atoms with Crippen LogP contribution in [0.5, 0.6) is 0 Å². The topological polar surface area (TPSA) is 30.2 Å². The average Bonchev–Trinajstić information content (AvgIpc) is 2.51. The zero-order valence-electron chi connectivity index (χ0n) is 7.28. The van der Waals surface area contributed by atoms with Gasteiger partial charge in [0.05, 0.1) is 6.26 Å². The van der Waals surface area contributed by atoms with Crippen LogP contribution in [-0.2, 0) is 4.79 Å². The van der Waals surface area contributed by atoms with E-state index in [1.807, 2.05) is 19.9 Å². The Bertz CT molecular complexity index is 268. The summed E-state index contributed by atoms with van der Waals surface area (Å²) in [5, 5.41) is 0. The fourth-order valence-electron chi connectivity index (χ4n) is 0.874. The van der Waals surface area contributed by atoms with Crippen molar-refractivity contribution in [1.29, 1.82) is 0 Å². The van der Waals surface area contributed by atoms with Gasteiger partial charge in [0.2, 0.25) is 0 Å². The van der Waals surface area contributed by atoms with Crippen LogP contribution in [0.15, 0.2) is 28.4 Å². The minimum atomic E-state index is 0.243. The zero-order chi connectivity index (χ0) is 8.97. The highest BCUT2D eigenvalue weighted by Crippen LogP contribution is 2.12. The van der Waals surface area contributed by atoms with E-state index in [1.165, 1.54) is 0 Å². The Morgan fingerprint density at radius 1 is 1.58 bits per heavy atom. The number of rotatable bonds is 3. The summed E-state index contributed by atoms with van der Waals surface area (Å²) in [6.45, 7) is 3.95. The van der Waals surface area contributed by atoms with E-state index in [-0.39, 0.29) is 5.92 Å². The molecule has 64 valence electrons. The van der Waals surface area contributed by atoms with Crippen LogP contribution in [0.1, 0.15) is 19.6 Å². The molecule has 1 rings (SSSR count). The standard InChI is InChI=1S/C10H12O2/c1-8(2)9(7-11)6-10-4-3-5-12-10/h3-8H,1-2H3. The molecule has 0 N–H and O–H groups in total. The van der Waals surface area contributed by atoms with E-state index in [1.54, 1.807) is 18.4 Å². The van der Waals surface area contributed by atoms with Gasteiger partial charge < -0.3 is 4.42 Å². The van der Waals surface area contributed by atoms with Crippen molar-refractivity contribution in [2.24, 2.45) is 5.92 Å². The van der Waals surface area contributed by atoms with Crippen LogP contribution in [0.25, 0.3) is 6.08 Å². The van der Waals surface area contributed by atoms with Gasteiger partial charge in [-0.2, -0.15) is 0 Å². The van der Waals surface area contributed by atoms with Gasteiger partial charge in [-0.1, -0.05) is 13.8 Å². The molecule has 1 heterocycles. The normalized spacial score (nSPS) is 12.1. The monoisotopic (exact) mass is 164 g/mol. The van der Waals surface area contributed by atoms with Crippen LogP contribution in [-0.4, -0.2) is 6.29 Å². The fraction of sp³-hybridized carbons (Fsp3) is 0.300. The predicted molar refractivity (Wildman–Crippen MR) is 47.6 cm³/mol. The molecule has 0 bridgehead atoms. The maximum Gasteiger partial charge on any atom is 0.146 e. The van der Waals surface area contributed by atoms with Gasteiger partial charge in [0.25, 0.3) is 0 Å². The van der Waals surface area contributed by atoms with Gasteiger partial charge in [0, 0.05) is 0 Å². The molecule has 0 fully saturated rings. The summed E-state index contributed by atoms with van der Waals surface area (Å²) in [5.74, 6) is 0.971. The summed E-state index contributed by atoms with van der Waals surface area (Å²) in [6.07, 6.45) is 4.22. The molecule has 0 aliphatic heterocycles. The van der Waals surface area contributed by atoms with E-state index >= 15 is 0 Å². The number of carbonyl (C=O) groups excluding carboxylic acids is 1. The molecule has 0 atom stereocenters. The van der Waals surface area contributed by atoms with Crippen LogP contribution in [0.2, 0.25) is 0 Å². The second kappa shape index (κ2) is 3.90. The molecule has 0 aromatic carbocycles. The summed E-state index contributed by atoms with van der Waals surface area (Å²) >= 11 is 0. The van der Waals surface area contributed by atoms with E-state index < -0.39 is 0 Å². The van der Waals surface area contributed by atoms with Gasteiger partial charge in [-0.3, -0.25) is 4.79 Å². The van der Waals surface area contributed by atoms with Gasteiger partial charge in [0.1, 0.15) is 12.0 Å². The van der Waals surface area contributed by atoms with Crippen LogP contribution in [0.4, 0.5) is 0 Å². The van der Waals surface area contributed by atoms with Crippen LogP contribution < -0.4 is 0 Å². The number of aldehydes is 1. The van der Waals surface area contributed by atoms with Gasteiger partial charge in [-0.25, -0.2) is 0 Å². The Morgan fingerprint density at radius 2 is 2.33 bits per heavy atom. The Kier molecular flexibility index (Phi) is 2.86. The molecule has 1 aromatic heterocycles. The highest BCUT2D eigenvalue weighted by Gasteiger charge is 2.01. The van der Waals surface area contributed by atoms with Gasteiger partial charge in [-0.05, 0) is 29.7 Å². The van der Waals surface area contributed by atoms with E-state index in [2.05, 4.69) is 0 Å². The molecule has 12 heavy (non-hydrogen) atoms. The SMILES string of the molecule is CC(C)C(C=O)=Cc1ccco1. The third-order valence-electron chi connectivity index (χ3n) is 1.65. The van der Waals surface area contributed by atoms with Crippen molar-refractivity contribution in [2.45, 2.75) is 13.8 Å². The van der Waals surface area contributed by atoms with Crippen LogP contribution in [0.3, 0.4) is 0 Å². The molecule has 0 saturated carbocycles. The van der Waals surface area contributed by atoms with Crippen molar-refractivity contribution in [2.75, 3.05) is 0 Å². The molecule has 0 aliphatic rings. The molecule has 0 unspecified atom stereocenters. The quantitative estimate of drug-likeness (QED) is 0.507. The Hall–Kier alpha value is -1.31. The first-order valence-electron chi connectivity index (χ1n) is 3.94. The second-order valence-corrected chi connectivity index (χ2v) is 2.93. The van der Waals surface area contributed by atoms with Crippen LogP contribution >= 0.6 is 0 Å². The van der Waals surface area contributed by atoms with E-state index in [9.17, 15) is 4.79 Å². The minimum Gasteiger partial charge on any atom is -0.465 e. The van der Waals surface area contributed by atoms with Gasteiger partial charge >= 0.3 is 0 Å². The molecule has 1 aromatic rings. The predicted octanol–water partition coefficient (Wildman–Crippen LogP) is 2.52. The summed E-state index contributed by atoms with van der Waals surface area (Å²) in [4.78, 5) is 10.6. The van der Waals surface area contributed by atoms with Crippen molar-refractivity contribution in [3.05, 3.63) is 29.7 Å². The fourth-order valence-corrected chi connectivity index (χ4v) is 0.874. The maximum absolute atomic E-state index is 10.6. The zero-order valence-corrected chi connectivity index (χ0v) is 7.28. The average molecular weight is 164 g/mol. The summed E-state index contributed by atoms with van der Waals surface area (Å²) in [6, 6.07) is 3.63. The first-order valence-corrected chi connectivity index (χ1v) is 3.94. The van der Waals surface area contributed by atoms with Crippen molar-refractivity contribution in [3.63, 3.8) is 0 Å². The molecular formula is C10H12O2. The molecule has 2 nitrogen and oxygen atoms in total. The lowest BCUT2D eigenvalue weighted by Gasteiger charge is -2.00. The first kappa shape index (κ1) is 8.78. The lowest BCUT2D eigenvalue weighted by atomic mass is 10.0. The Labute approximate surface area is 71.9 Å². The van der Waals surface area contributed by atoms with E-state index in [0.29, 0.717) is 0 Å². The lowest BCUT2D eigenvalue weighted by molar-refractivity contribution is -0.105. The molecule has 0 amide bonds. The number of furan rings is 1. The number of hydrogen-bond acceptors (Lipinski definition) is 2. The van der Waals surface area contributed by atoms with E-state index in [4.69, 9.17) is 4.42 Å². The molecular weight excluding hydrogens is 152 g/mol. The van der Waals surface area contributed by atoms with Gasteiger partial charge in [0.15, 0.2) is 0 Å². The van der Waals surface area contributed by atoms with Crippen LogP contribution in [0, 0.1) is 5.92 Å². The molecule has 2 heteroatoms. The highest BCUT2D eigenvalue weighted by molar-refractivity contribution is 5.81. The van der Waals surface area contributed by atoms with Crippen molar-refractivity contribution < 1.29 is 9.21 Å². The smallest absolute Gasteiger partial charge is 0.146 e. The maximum atomic E-state index is 10.6. The summed E-state index contributed by atoms with van der Waals surface area (Å²) in [7, 11) is 0. The summed E-state index contributed by atoms with van der Waals surface area (Å²) in [5.41, 5.74) is 0.755.